The van der Waals surface area contributed by atoms with Crippen LogP contribution in [0.2, 0.25) is 0 Å². The number of nitrogens with zero attached hydrogens (tertiary/aromatic N) is 1. The third-order valence-electron chi connectivity index (χ3n) is 2.45. The smallest absolute Gasteiger partial charge is 0.220 e. The van der Waals surface area contributed by atoms with Crippen molar-refractivity contribution in [3.05, 3.63) is 30.1 Å². The van der Waals surface area contributed by atoms with Crippen molar-refractivity contribution in [1.29, 1.82) is 0 Å². The Morgan fingerprint density at radius 1 is 1.62 bits per heavy atom. The van der Waals surface area contributed by atoms with Gasteiger partial charge in [-0.05, 0) is 24.5 Å². The lowest BCUT2D eigenvalue weighted by molar-refractivity contribution is -0.121. The van der Waals surface area contributed by atoms with Gasteiger partial charge in [-0.25, -0.2) is 0 Å². The molecule has 1 amide bonds. The molecule has 0 spiro atoms. The maximum Gasteiger partial charge on any atom is 0.220 e. The van der Waals surface area contributed by atoms with Crippen LogP contribution in [0.15, 0.2) is 24.5 Å². The molecule has 3 N–H and O–H groups in total. The molecule has 0 saturated heterocycles. The standard InChI is InChI=1S/C12H19N3O/c1-2-11(13)9-15-12(16)6-5-10-4-3-7-14-8-10/h3-4,7-8,11H,2,5-6,9,13H2,1H3,(H,15,16). The zero-order chi connectivity index (χ0) is 11.8. The van der Waals surface area contributed by atoms with E-state index >= 15 is 0 Å². The maximum atomic E-state index is 11.4. The Labute approximate surface area is 96.3 Å². The van der Waals surface area contributed by atoms with Crippen molar-refractivity contribution < 1.29 is 4.79 Å². The van der Waals surface area contributed by atoms with Gasteiger partial charge < -0.3 is 11.1 Å². The molecule has 4 heteroatoms. The van der Waals surface area contributed by atoms with Crippen LogP contribution in [0.3, 0.4) is 0 Å². The van der Waals surface area contributed by atoms with E-state index in [-0.39, 0.29) is 11.9 Å². The molecule has 88 valence electrons. The zero-order valence-electron chi connectivity index (χ0n) is 9.65. The highest BCUT2D eigenvalue weighted by Gasteiger charge is 2.04. The van der Waals surface area contributed by atoms with Crippen LogP contribution >= 0.6 is 0 Å². The monoisotopic (exact) mass is 221 g/mol. The van der Waals surface area contributed by atoms with Crippen LogP contribution in [0.5, 0.6) is 0 Å². The molecule has 0 bridgehead atoms. The average Bonchev–Trinajstić information content (AvgIpc) is 2.34. The molecule has 0 aliphatic rings. The lowest BCUT2D eigenvalue weighted by Gasteiger charge is -2.10. The van der Waals surface area contributed by atoms with Gasteiger partial charge in [0.2, 0.25) is 5.91 Å². The second kappa shape index (κ2) is 6.95. The lowest BCUT2D eigenvalue weighted by atomic mass is 10.1. The molecular weight excluding hydrogens is 202 g/mol. The Morgan fingerprint density at radius 2 is 2.44 bits per heavy atom. The van der Waals surface area contributed by atoms with Crippen molar-refractivity contribution in [2.75, 3.05) is 6.54 Å². The number of pyridine rings is 1. The summed E-state index contributed by atoms with van der Waals surface area (Å²) < 4.78 is 0. The van der Waals surface area contributed by atoms with E-state index in [9.17, 15) is 4.79 Å². The predicted octanol–water partition coefficient (Wildman–Crippen LogP) is 0.868. The summed E-state index contributed by atoms with van der Waals surface area (Å²) in [4.78, 5) is 15.4. The zero-order valence-corrected chi connectivity index (χ0v) is 9.65. The summed E-state index contributed by atoms with van der Waals surface area (Å²) >= 11 is 0. The number of nitrogens with one attached hydrogen (secondary N) is 1. The van der Waals surface area contributed by atoms with E-state index in [1.165, 1.54) is 0 Å². The van der Waals surface area contributed by atoms with Gasteiger partial charge in [0.05, 0.1) is 0 Å². The highest BCUT2D eigenvalue weighted by atomic mass is 16.1. The van der Waals surface area contributed by atoms with Gasteiger partial charge in [0.25, 0.3) is 0 Å². The first kappa shape index (κ1) is 12.6. The van der Waals surface area contributed by atoms with Crippen molar-refractivity contribution in [1.82, 2.24) is 10.3 Å². The van der Waals surface area contributed by atoms with Crippen molar-refractivity contribution >= 4 is 5.91 Å². The van der Waals surface area contributed by atoms with E-state index in [1.807, 2.05) is 19.1 Å². The Morgan fingerprint density at radius 3 is 3.06 bits per heavy atom. The molecule has 1 heterocycles. The van der Waals surface area contributed by atoms with Crippen molar-refractivity contribution in [2.45, 2.75) is 32.2 Å². The molecule has 0 fully saturated rings. The lowest BCUT2D eigenvalue weighted by Crippen LogP contribution is -2.36. The second-order valence-electron chi connectivity index (χ2n) is 3.83. The molecule has 16 heavy (non-hydrogen) atoms. The van der Waals surface area contributed by atoms with Crippen molar-refractivity contribution in [2.24, 2.45) is 5.73 Å². The molecule has 0 aliphatic heterocycles. The Kier molecular flexibility index (Phi) is 5.50. The van der Waals surface area contributed by atoms with E-state index in [2.05, 4.69) is 10.3 Å². The molecule has 1 unspecified atom stereocenters. The molecule has 1 rings (SSSR count). The highest BCUT2D eigenvalue weighted by molar-refractivity contribution is 5.76. The minimum Gasteiger partial charge on any atom is -0.355 e. The summed E-state index contributed by atoms with van der Waals surface area (Å²) in [6.45, 7) is 2.56. The van der Waals surface area contributed by atoms with E-state index in [0.717, 1.165) is 18.4 Å². The predicted molar refractivity (Wildman–Crippen MR) is 63.8 cm³/mol. The third kappa shape index (κ3) is 4.89. The molecular formula is C12H19N3O. The van der Waals surface area contributed by atoms with E-state index in [0.29, 0.717) is 13.0 Å². The molecule has 1 aromatic rings. The number of carbonyl (C=O) groups excluding carboxylic acids is 1. The number of rotatable bonds is 6. The van der Waals surface area contributed by atoms with E-state index in [1.54, 1.807) is 12.4 Å². The fraction of sp³-hybridized carbons (Fsp3) is 0.500. The van der Waals surface area contributed by atoms with E-state index < -0.39 is 0 Å². The summed E-state index contributed by atoms with van der Waals surface area (Å²) in [6, 6.07) is 3.90. The Balaban J connectivity index is 2.20. The van der Waals surface area contributed by atoms with Gasteiger partial charge in [0.1, 0.15) is 0 Å². The maximum absolute atomic E-state index is 11.4. The highest BCUT2D eigenvalue weighted by Crippen LogP contribution is 1.99. The molecule has 0 aromatic carbocycles. The third-order valence-corrected chi connectivity index (χ3v) is 2.45. The number of aromatic nitrogens is 1. The average molecular weight is 221 g/mol. The molecule has 1 aromatic heterocycles. The van der Waals surface area contributed by atoms with Gasteiger partial charge in [-0.15, -0.1) is 0 Å². The van der Waals surface area contributed by atoms with Crippen molar-refractivity contribution in [3.63, 3.8) is 0 Å². The minimum atomic E-state index is 0.0488. The van der Waals surface area contributed by atoms with Gasteiger partial charge in [-0.3, -0.25) is 9.78 Å². The van der Waals surface area contributed by atoms with Crippen LogP contribution < -0.4 is 11.1 Å². The quantitative estimate of drug-likeness (QED) is 0.749. The number of hydrogen-bond donors (Lipinski definition) is 2. The number of nitrogens with two attached hydrogens (primary N) is 1. The topological polar surface area (TPSA) is 68.0 Å². The first-order valence-corrected chi connectivity index (χ1v) is 5.63. The first-order chi connectivity index (χ1) is 7.72. The molecule has 0 saturated carbocycles. The fourth-order valence-electron chi connectivity index (χ4n) is 1.28. The largest absolute Gasteiger partial charge is 0.355 e. The summed E-state index contributed by atoms with van der Waals surface area (Å²) in [5.41, 5.74) is 6.78. The summed E-state index contributed by atoms with van der Waals surface area (Å²) in [5.74, 6) is 0.0488. The number of hydrogen-bond acceptors (Lipinski definition) is 3. The van der Waals surface area contributed by atoms with Crippen LogP contribution in [-0.4, -0.2) is 23.5 Å². The summed E-state index contributed by atoms with van der Waals surface area (Å²) in [5, 5.41) is 2.82. The van der Waals surface area contributed by atoms with Gasteiger partial charge in [-0.1, -0.05) is 13.0 Å². The minimum absolute atomic E-state index is 0.0488. The van der Waals surface area contributed by atoms with Gasteiger partial charge in [0, 0.05) is 31.4 Å². The normalized spacial score (nSPS) is 12.1. The van der Waals surface area contributed by atoms with Crippen LogP contribution in [0, 0.1) is 0 Å². The van der Waals surface area contributed by atoms with Crippen LogP contribution in [0.1, 0.15) is 25.3 Å². The number of aryl methyl sites for hydroxylation is 1. The number of amides is 1. The molecule has 4 nitrogen and oxygen atoms in total. The van der Waals surface area contributed by atoms with Crippen LogP contribution in [0.25, 0.3) is 0 Å². The van der Waals surface area contributed by atoms with Gasteiger partial charge >= 0.3 is 0 Å². The van der Waals surface area contributed by atoms with E-state index in [4.69, 9.17) is 5.73 Å². The van der Waals surface area contributed by atoms with Crippen LogP contribution in [0.4, 0.5) is 0 Å². The van der Waals surface area contributed by atoms with Crippen LogP contribution in [-0.2, 0) is 11.2 Å². The summed E-state index contributed by atoms with van der Waals surface area (Å²) in [6.07, 6.45) is 5.60. The first-order valence-electron chi connectivity index (χ1n) is 5.63. The molecule has 1 atom stereocenters. The SMILES string of the molecule is CCC(N)CNC(=O)CCc1cccnc1. The second-order valence-corrected chi connectivity index (χ2v) is 3.83. The number of carbonyl (C=O) groups is 1. The summed E-state index contributed by atoms with van der Waals surface area (Å²) in [7, 11) is 0. The molecule has 0 aliphatic carbocycles. The van der Waals surface area contributed by atoms with Crippen molar-refractivity contribution in [3.8, 4) is 0 Å². The van der Waals surface area contributed by atoms with Gasteiger partial charge in [0.15, 0.2) is 0 Å². The Bertz CT molecular complexity index is 313. The molecule has 0 radical (unpaired) electrons. The Hall–Kier alpha value is -1.42. The van der Waals surface area contributed by atoms with Gasteiger partial charge in [-0.2, -0.15) is 0 Å². The fourth-order valence-corrected chi connectivity index (χ4v) is 1.28.